The number of rotatable bonds is 6. The van der Waals surface area contributed by atoms with Crippen molar-refractivity contribution in [2.24, 2.45) is 5.73 Å². The van der Waals surface area contributed by atoms with E-state index in [-0.39, 0.29) is 11.9 Å². The Labute approximate surface area is 102 Å². The maximum atomic E-state index is 11.5. The molecule has 0 aliphatic carbocycles. The van der Waals surface area contributed by atoms with Gasteiger partial charge in [-0.1, -0.05) is 12.1 Å². The summed E-state index contributed by atoms with van der Waals surface area (Å²) in [5, 5.41) is 2.86. The van der Waals surface area contributed by atoms with Gasteiger partial charge in [-0.3, -0.25) is 4.79 Å². The molecule has 1 atom stereocenters. The van der Waals surface area contributed by atoms with Gasteiger partial charge in [-0.25, -0.2) is 0 Å². The number of carbonyl (C=O) groups is 1. The molecule has 0 fully saturated rings. The van der Waals surface area contributed by atoms with Crippen LogP contribution in [0.2, 0.25) is 0 Å². The molecule has 1 aromatic carbocycles. The van der Waals surface area contributed by atoms with Crippen LogP contribution in [0.15, 0.2) is 24.3 Å². The average molecular weight is 236 g/mol. The second-order valence-corrected chi connectivity index (χ2v) is 4.14. The first-order valence-electron chi connectivity index (χ1n) is 5.77. The molecule has 1 aromatic rings. The number of nitrogens with one attached hydrogen (secondary N) is 1. The lowest BCUT2D eigenvalue weighted by Crippen LogP contribution is -2.25. The van der Waals surface area contributed by atoms with E-state index in [0.717, 1.165) is 11.3 Å². The van der Waals surface area contributed by atoms with E-state index in [1.165, 1.54) is 0 Å². The van der Waals surface area contributed by atoms with Crippen LogP contribution < -0.4 is 15.8 Å². The number of nitrogens with two attached hydrogens (primary N) is 1. The van der Waals surface area contributed by atoms with Crippen LogP contribution in [-0.4, -0.2) is 19.1 Å². The van der Waals surface area contributed by atoms with Gasteiger partial charge in [0.15, 0.2) is 0 Å². The third kappa shape index (κ3) is 5.36. The van der Waals surface area contributed by atoms with Gasteiger partial charge in [0, 0.05) is 19.0 Å². The smallest absolute Gasteiger partial charge is 0.220 e. The van der Waals surface area contributed by atoms with E-state index in [2.05, 4.69) is 5.32 Å². The van der Waals surface area contributed by atoms with Crippen molar-refractivity contribution < 1.29 is 9.53 Å². The van der Waals surface area contributed by atoms with Crippen molar-refractivity contribution >= 4 is 5.91 Å². The zero-order valence-corrected chi connectivity index (χ0v) is 10.4. The Morgan fingerprint density at radius 1 is 1.41 bits per heavy atom. The quantitative estimate of drug-likeness (QED) is 0.785. The van der Waals surface area contributed by atoms with Gasteiger partial charge in [0.2, 0.25) is 5.91 Å². The van der Waals surface area contributed by atoms with E-state index in [0.29, 0.717) is 19.4 Å². The summed E-state index contributed by atoms with van der Waals surface area (Å²) >= 11 is 0. The second-order valence-electron chi connectivity index (χ2n) is 4.14. The van der Waals surface area contributed by atoms with Crippen LogP contribution in [-0.2, 0) is 11.3 Å². The Balaban J connectivity index is 2.31. The highest BCUT2D eigenvalue weighted by Gasteiger charge is 2.03. The van der Waals surface area contributed by atoms with E-state index in [4.69, 9.17) is 10.5 Å². The zero-order chi connectivity index (χ0) is 12.7. The molecule has 0 aromatic heterocycles. The molecule has 17 heavy (non-hydrogen) atoms. The van der Waals surface area contributed by atoms with Crippen molar-refractivity contribution in [2.75, 3.05) is 7.11 Å². The molecule has 4 heteroatoms. The molecule has 0 saturated carbocycles. The molecule has 0 saturated heterocycles. The molecule has 1 unspecified atom stereocenters. The van der Waals surface area contributed by atoms with Gasteiger partial charge in [0.05, 0.1) is 7.11 Å². The summed E-state index contributed by atoms with van der Waals surface area (Å²) in [6, 6.07) is 7.70. The Bertz CT molecular complexity index is 347. The fraction of sp³-hybridized carbons (Fsp3) is 0.462. The van der Waals surface area contributed by atoms with Gasteiger partial charge in [0.1, 0.15) is 5.75 Å². The summed E-state index contributed by atoms with van der Waals surface area (Å²) < 4.78 is 5.06. The zero-order valence-electron chi connectivity index (χ0n) is 10.4. The van der Waals surface area contributed by atoms with E-state index < -0.39 is 0 Å². The summed E-state index contributed by atoms with van der Waals surface area (Å²) in [4.78, 5) is 11.5. The van der Waals surface area contributed by atoms with Crippen LogP contribution in [0.1, 0.15) is 25.3 Å². The third-order valence-corrected chi connectivity index (χ3v) is 2.48. The van der Waals surface area contributed by atoms with Crippen LogP contribution in [0.4, 0.5) is 0 Å². The first-order chi connectivity index (χ1) is 8.11. The first kappa shape index (κ1) is 13.5. The minimum absolute atomic E-state index is 0.0399. The summed E-state index contributed by atoms with van der Waals surface area (Å²) in [6.07, 6.45) is 1.20. The molecule has 0 aliphatic heterocycles. The van der Waals surface area contributed by atoms with Crippen molar-refractivity contribution in [1.82, 2.24) is 5.32 Å². The summed E-state index contributed by atoms with van der Waals surface area (Å²) in [7, 11) is 1.63. The van der Waals surface area contributed by atoms with Crippen LogP contribution in [0.25, 0.3) is 0 Å². The molecule has 3 N–H and O–H groups in total. The fourth-order valence-electron chi connectivity index (χ4n) is 1.39. The fourth-order valence-corrected chi connectivity index (χ4v) is 1.39. The molecule has 1 amide bonds. The van der Waals surface area contributed by atoms with Gasteiger partial charge >= 0.3 is 0 Å². The lowest BCUT2D eigenvalue weighted by Gasteiger charge is -2.07. The summed E-state index contributed by atoms with van der Waals surface area (Å²) in [6.45, 7) is 2.44. The number of carbonyl (C=O) groups excluding carboxylic acids is 1. The van der Waals surface area contributed by atoms with Gasteiger partial charge in [-0.05, 0) is 31.0 Å². The van der Waals surface area contributed by atoms with Gasteiger partial charge in [-0.15, -0.1) is 0 Å². The van der Waals surface area contributed by atoms with Crippen LogP contribution in [0, 0.1) is 0 Å². The SMILES string of the molecule is COc1ccc(CNC(=O)CCC(C)N)cc1. The van der Waals surface area contributed by atoms with Gasteiger partial charge in [-0.2, -0.15) is 0 Å². The van der Waals surface area contributed by atoms with E-state index in [9.17, 15) is 4.79 Å². The van der Waals surface area contributed by atoms with Crippen molar-refractivity contribution in [3.05, 3.63) is 29.8 Å². The topological polar surface area (TPSA) is 64.3 Å². The van der Waals surface area contributed by atoms with Crippen LogP contribution in [0.5, 0.6) is 5.75 Å². The van der Waals surface area contributed by atoms with E-state index >= 15 is 0 Å². The largest absolute Gasteiger partial charge is 0.497 e. The number of amides is 1. The van der Waals surface area contributed by atoms with Gasteiger partial charge in [0.25, 0.3) is 0 Å². The van der Waals surface area contributed by atoms with Crippen molar-refractivity contribution in [1.29, 1.82) is 0 Å². The van der Waals surface area contributed by atoms with Gasteiger partial charge < -0.3 is 15.8 Å². The molecular weight excluding hydrogens is 216 g/mol. The van der Waals surface area contributed by atoms with Crippen molar-refractivity contribution in [3.63, 3.8) is 0 Å². The van der Waals surface area contributed by atoms with Crippen LogP contribution >= 0.6 is 0 Å². The minimum atomic E-state index is 0.0399. The molecule has 0 aliphatic rings. The molecule has 0 spiro atoms. The molecule has 4 nitrogen and oxygen atoms in total. The monoisotopic (exact) mass is 236 g/mol. The van der Waals surface area contributed by atoms with E-state index in [1.54, 1.807) is 7.11 Å². The highest BCUT2D eigenvalue weighted by Crippen LogP contribution is 2.10. The van der Waals surface area contributed by atoms with Crippen molar-refractivity contribution in [2.45, 2.75) is 32.4 Å². The standard InChI is InChI=1S/C13H20N2O2/c1-10(14)3-8-13(16)15-9-11-4-6-12(17-2)7-5-11/h4-7,10H,3,8-9,14H2,1-2H3,(H,15,16). The average Bonchev–Trinajstić information content (AvgIpc) is 2.34. The normalized spacial score (nSPS) is 11.9. The molecule has 0 bridgehead atoms. The summed E-state index contributed by atoms with van der Waals surface area (Å²) in [5.41, 5.74) is 6.64. The Kier molecular flexibility index (Phi) is 5.49. The van der Waals surface area contributed by atoms with Crippen LogP contribution in [0.3, 0.4) is 0 Å². The number of hydrogen-bond donors (Lipinski definition) is 2. The first-order valence-corrected chi connectivity index (χ1v) is 5.77. The second kappa shape index (κ2) is 6.91. The predicted octanol–water partition coefficient (Wildman–Crippen LogP) is 1.44. The molecule has 1 rings (SSSR count). The van der Waals surface area contributed by atoms with E-state index in [1.807, 2.05) is 31.2 Å². The Morgan fingerprint density at radius 2 is 2.06 bits per heavy atom. The highest BCUT2D eigenvalue weighted by molar-refractivity contribution is 5.75. The lowest BCUT2D eigenvalue weighted by atomic mass is 10.2. The Morgan fingerprint density at radius 3 is 2.59 bits per heavy atom. The van der Waals surface area contributed by atoms with Crippen molar-refractivity contribution in [3.8, 4) is 5.75 Å². The number of ether oxygens (including phenoxy) is 1. The summed E-state index contributed by atoms with van der Waals surface area (Å²) in [5.74, 6) is 0.857. The predicted molar refractivity (Wildman–Crippen MR) is 67.7 cm³/mol. The molecule has 0 heterocycles. The maximum absolute atomic E-state index is 11.5. The highest BCUT2D eigenvalue weighted by atomic mass is 16.5. The lowest BCUT2D eigenvalue weighted by molar-refractivity contribution is -0.121. The number of benzene rings is 1. The molecule has 94 valence electrons. The minimum Gasteiger partial charge on any atom is -0.497 e. The third-order valence-electron chi connectivity index (χ3n) is 2.48. The molecule has 0 radical (unpaired) electrons. The molecular formula is C13H20N2O2. The number of methoxy groups -OCH3 is 1. The Hall–Kier alpha value is -1.55. The maximum Gasteiger partial charge on any atom is 0.220 e. The number of hydrogen-bond acceptors (Lipinski definition) is 3.